The number of anilines is 1. The Labute approximate surface area is 122 Å². The van der Waals surface area contributed by atoms with Gasteiger partial charge in [-0.05, 0) is 25.3 Å². The summed E-state index contributed by atoms with van der Waals surface area (Å²) in [4.78, 5) is 31.0. The zero-order valence-corrected chi connectivity index (χ0v) is 11.9. The standard InChI is InChI=1S/C15H18N4O2/c1-2-3-13(20)18-10-6-11-12(8-17-14(11)16-7-10)15(21)19-9-4-5-9/h6-9H,2-5H2,1H3,(H,16,17)(H,18,20)(H,19,21). The Bertz CT molecular complexity index is 688. The minimum Gasteiger partial charge on any atom is -0.349 e. The van der Waals surface area contributed by atoms with Crippen molar-refractivity contribution < 1.29 is 9.59 Å². The molecule has 6 nitrogen and oxygen atoms in total. The predicted molar refractivity (Wildman–Crippen MR) is 80.1 cm³/mol. The summed E-state index contributed by atoms with van der Waals surface area (Å²) in [5.74, 6) is -0.138. The second-order valence-corrected chi connectivity index (χ2v) is 5.37. The maximum atomic E-state index is 12.2. The average molecular weight is 286 g/mol. The quantitative estimate of drug-likeness (QED) is 0.787. The lowest BCUT2D eigenvalue weighted by Crippen LogP contribution is -2.25. The summed E-state index contributed by atoms with van der Waals surface area (Å²) in [6.07, 6.45) is 6.61. The van der Waals surface area contributed by atoms with E-state index >= 15 is 0 Å². The van der Waals surface area contributed by atoms with Gasteiger partial charge in [0, 0.05) is 24.0 Å². The van der Waals surface area contributed by atoms with Gasteiger partial charge in [0.1, 0.15) is 5.65 Å². The molecule has 0 bridgehead atoms. The molecule has 0 aliphatic heterocycles. The van der Waals surface area contributed by atoms with E-state index < -0.39 is 0 Å². The Hall–Kier alpha value is -2.37. The first-order valence-corrected chi connectivity index (χ1v) is 7.25. The highest BCUT2D eigenvalue weighted by molar-refractivity contribution is 6.07. The molecule has 0 radical (unpaired) electrons. The number of aromatic nitrogens is 2. The Balaban J connectivity index is 1.84. The van der Waals surface area contributed by atoms with Gasteiger partial charge in [-0.25, -0.2) is 4.98 Å². The number of carbonyl (C=O) groups is 2. The van der Waals surface area contributed by atoms with Crippen LogP contribution in [0.2, 0.25) is 0 Å². The highest BCUT2D eigenvalue weighted by Crippen LogP contribution is 2.23. The highest BCUT2D eigenvalue weighted by Gasteiger charge is 2.25. The Morgan fingerprint density at radius 1 is 1.43 bits per heavy atom. The summed E-state index contributed by atoms with van der Waals surface area (Å²) in [7, 11) is 0. The summed E-state index contributed by atoms with van der Waals surface area (Å²) in [5, 5.41) is 6.48. The Morgan fingerprint density at radius 3 is 2.95 bits per heavy atom. The third-order valence-corrected chi connectivity index (χ3v) is 3.45. The van der Waals surface area contributed by atoms with Crippen LogP contribution >= 0.6 is 0 Å². The minimum atomic E-state index is -0.0948. The van der Waals surface area contributed by atoms with Gasteiger partial charge in [0.05, 0.1) is 17.4 Å². The van der Waals surface area contributed by atoms with E-state index in [4.69, 9.17) is 0 Å². The lowest BCUT2D eigenvalue weighted by molar-refractivity contribution is -0.116. The van der Waals surface area contributed by atoms with Crippen LogP contribution in [0.4, 0.5) is 5.69 Å². The van der Waals surface area contributed by atoms with E-state index in [2.05, 4.69) is 20.6 Å². The number of H-pyrrole nitrogens is 1. The van der Waals surface area contributed by atoms with Crippen LogP contribution in [0.15, 0.2) is 18.5 Å². The van der Waals surface area contributed by atoms with Crippen LogP contribution in [0.25, 0.3) is 11.0 Å². The Kier molecular flexibility index (Phi) is 3.60. The van der Waals surface area contributed by atoms with E-state index in [-0.39, 0.29) is 11.8 Å². The smallest absolute Gasteiger partial charge is 0.253 e. The fraction of sp³-hybridized carbons (Fsp3) is 0.400. The molecule has 2 aromatic heterocycles. The summed E-state index contributed by atoms with van der Waals surface area (Å²) in [6.45, 7) is 1.95. The van der Waals surface area contributed by atoms with E-state index in [9.17, 15) is 9.59 Å². The molecule has 2 amide bonds. The van der Waals surface area contributed by atoms with Gasteiger partial charge >= 0.3 is 0 Å². The van der Waals surface area contributed by atoms with Crippen molar-refractivity contribution in [1.29, 1.82) is 0 Å². The molecule has 6 heteroatoms. The predicted octanol–water partition coefficient (Wildman–Crippen LogP) is 2.19. The topological polar surface area (TPSA) is 86.9 Å². The first-order valence-electron chi connectivity index (χ1n) is 7.25. The van der Waals surface area contributed by atoms with E-state index in [0.29, 0.717) is 29.4 Å². The number of nitrogens with zero attached hydrogens (tertiary/aromatic N) is 1. The number of nitrogens with one attached hydrogen (secondary N) is 3. The molecular formula is C15H18N4O2. The second-order valence-electron chi connectivity index (χ2n) is 5.37. The zero-order valence-electron chi connectivity index (χ0n) is 11.9. The molecule has 0 aromatic carbocycles. The van der Waals surface area contributed by atoms with Crippen molar-refractivity contribution in [2.45, 2.75) is 38.6 Å². The molecule has 3 rings (SSSR count). The molecule has 1 saturated carbocycles. The molecule has 1 aliphatic carbocycles. The lowest BCUT2D eigenvalue weighted by atomic mass is 10.2. The average Bonchev–Trinajstić information content (AvgIpc) is 3.16. The van der Waals surface area contributed by atoms with E-state index in [1.807, 2.05) is 6.92 Å². The number of carbonyl (C=O) groups excluding carboxylic acids is 2. The first-order chi connectivity index (χ1) is 10.2. The van der Waals surface area contributed by atoms with Gasteiger partial charge < -0.3 is 15.6 Å². The van der Waals surface area contributed by atoms with Crippen LogP contribution in [-0.2, 0) is 4.79 Å². The number of pyridine rings is 1. The van der Waals surface area contributed by atoms with Gasteiger partial charge in [-0.2, -0.15) is 0 Å². The van der Waals surface area contributed by atoms with E-state index in [0.717, 1.165) is 24.6 Å². The summed E-state index contributed by atoms with van der Waals surface area (Å²) in [5.41, 5.74) is 1.82. The van der Waals surface area contributed by atoms with Crippen LogP contribution in [0.5, 0.6) is 0 Å². The number of hydrogen-bond acceptors (Lipinski definition) is 3. The van der Waals surface area contributed by atoms with Crippen molar-refractivity contribution in [1.82, 2.24) is 15.3 Å². The molecule has 1 aliphatic rings. The molecule has 2 aromatic rings. The molecule has 0 saturated heterocycles. The molecule has 110 valence electrons. The van der Waals surface area contributed by atoms with E-state index in [1.54, 1.807) is 18.5 Å². The minimum absolute atomic E-state index is 0.0434. The molecule has 0 unspecified atom stereocenters. The van der Waals surface area contributed by atoms with Gasteiger partial charge in [-0.3, -0.25) is 9.59 Å². The normalized spacial score (nSPS) is 14.1. The third kappa shape index (κ3) is 3.04. The van der Waals surface area contributed by atoms with Crippen molar-refractivity contribution in [2.75, 3.05) is 5.32 Å². The SMILES string of the molecule is CCCC(=O)Nc1cnc2[nH]cc(C(=O)NC3CC3)c2c1. The molecular weight excluding hydrogens is 268 g/mol. The lowest BCUT2D eigenvalue weighted by Gasteiger charge is -2.05. The fourth-order valence-corrected chi connectivity index (χ4v) is 2.20. The summed E-state index contributed by atoms with van der Waals surface area (Å²) >= 11 is 0. The van der Waals surface area contributed by atoms with Crippen LogP contribution in [0.3, 0.4) is 0 Å². The molecule has 3 N–H and O–H groups in total. The van der Waals surface area contributed by atoms with Crippen molar-refractivity contribution in [3.8, 4) is 0 Å². The number of rotatable bonds is 5. The van der Waals surface area contributed by atoms with Gasteiger partial charge in [0.2, 0.25) is 5.91 Å². The zero-order chi connectivity index (χ0) is 14.8. The van der Waals surface area contributed by atoms with Gasteiger partial charge in [0.25, 0.3) is 5.91 Å². The fourth-order valence-electron chi connectivity index (χ4n) is 2.20. The van der Waals surface area contributed by atoms with Crippen molar-refractivity contribution in [2.24, 2.45) is 0 Å². The Morgan fingerprint density at radius 2 is 2.24 bits per heavy atom. The van der Waals surface area contributed by atoms with Crippen LogP contribution in [0, 0.1) is 0 Å². The summed E-state index contributed by atoms with van der Waals surface area (Å²) < 4.78 is 0. The van der Waals surface area contributed by atoms with Crippen molar-refractivity contribution >= 4 is 28.5 Å². The molecule has 21 heavy (non-hydrogen) atoms. The highest BCUT2D eigenvalue weighted by atomic mass is 16.2. The second kappa shape index (κ2) is 5.55. The molecule has 0 spiro atoms. The largest absolute Gasteiger partial charge is 0.349 e. The molecule has 2 heterocycles. The van der Waals surface area contributed by atoms with E-state index in [1.165, 1.54) is 0 Å². The molecule has 1 fully saturated rings. The summed E-state index contributed by atoms with van der Waals surface area (Å²) in [6, 6.07) is 2.09. The van der Waals surface area contributed by atoms with Crippen LogP contribution in [0.1, 0.15) is 43.0 Å². The third-order valence-electron chi connectivity index (χ3n) is 3.45. The van der Waals surface area contributed by atoms with Crippen molar-refractivity contribution in [3.05, 3.63) is 24.0 Å². The number of fused-ring (bicyclic) bond motifs is 1. The van der Waals surface area contributed by atoms with Crippen LogP contribution in [-0.4, -0.2) is 27.8 Å². The monoisotopic (exact) mass is 286 g/mol. The number of hydrogen-bond donors (Lipinski definition) is 3. The first kappa shape index (κ1) is 13.6. The van der Waals surface area contributed by atoms with Crippen LogP contribution < -0.4 is 10.6 Å². The molecule has 0 atom stereocenters. The van der Waals surface area contributed by atoms with Crippen molar-refractivity contribution in [3.63, 3.8) is 0 Å². The maximum absolute atomic E-state index is 12.2. The number of amides is 2. The van der Waals surface area contributed by atoms with Gasteiger partial charge in [-0.15, -0.1) is 0 Å². The number of aromatic amines is 1. The van der Waals surface area contributed by atoms with Gasteiger partial charge in [0.15, 0.2) is 0 Å². The van der Waals surface area contributed by atoms with Gasteiger partial charge in [-0.1, -0.05) is 6.92 Å². The maximum Gasteiger partial charge on any atom is 0.253 e.